The minimum Gasteiger partial charge on any atom is -0.378 e. The highest BCUT2D eigenvalue weighted by atomic mass is 32.1. The molecule has 1 fully saturated rings. The zero-order chi connectivity index (χ0) is 17.9. The van der Waals surface area contributed by atoms with Gasteiger partial charge in [-0.1, -0.05) is 12.1 Å². The van der Waals surface area contributed by atoms with E-state index in [0.717, 1.165) is 47.9 Å². The molecule has 6 nitrogen and oxygen atoms in total. The van der Waals surface area contributed by atoms with Gasteiger partial charge in [0, 0.05) is 23.7 Å². The van der Waals surface area contributed by atoms with Crippen LogP contribution in [0, 0.1) is 13.8 Å². The van der Waals surface area contributed by atoms with E-state index < -0.39 is 0 Å². The molecule has 134 valence electrons. The molecule has 2 aromatic heterocycles. The maximum atomic E-state index is 5.40. The topological polar surface area (TPSA) is 62.6 Å². The summed E-state index contributed by atoms with van der Waals surface area (Å²) in [5, 5.41) is 5.41. The molecule has 0 bridgehead atoms. The first-order chi connectivity index (χ1) is 12.7. The number of nitrogens with one attached hydrogen (secondary N) is 1. The molecule has 1 saturated heterocycles. The number of aromatic nitrogens is 2. The van der Waals surface area contributed by atoms with Gasteiger partial charge in [-0.05, 0) is 37.1 Å². The molecule has 1 aromatic carbocycles. The predicted molar refractivity (Wildman–Crippen MR) is 108 cm³/mol. The van der Waals surface area contributed by atoms with E-state index in [1.54, 1.807) is 17.7 Å². The Hall–Kier alpha value is -2.51. The van der Waals surface area contributed by atoms with E-state index in [4.69, 9.17) is 4.74 Å². The lowest BCUT2D eigenvalue weighted by Crippen LogP contribution is -2.36. The fourth-order valence-electron chi connectivity index (χ4n) is 3.03. The zero-order valence-electron chi connectivity index (χ0n) is 14.9. The van der Waals surface area contributed by atoms with Crippen LogP contribution >= 0.6 is 11.3 Å². The molecule has 0 radical (unpaired) electrons. The van der Waals surface area contributed by atoms with Crippen LogP contribution < -0.4 is 10.3 Å². The summed E-state index contributed by atoms with van der Waals surface area (Å²) in [6.07, 6.45) is 3.39. The third-order valence-electron chi connectivity index (χ3n) is 4.62. The van der Waals surface area contributed by atoms with Crippen molar-refractivity contribution in [1.82, 2.24) is 9.97 Å². The molecular formula is C19H21N5OS. The van der Waals surface area contributed by atoms with Crippen LogP contribution in [0.5, 0.6) is 0 Å². The fraction of sp³-hybridized carbons (Fsp3) is 0.316. The summed E-state index contributed by atoms with van der Waals surface area (Å²) in [5.74, 6) is 0.748. The van der Waals surface area contributed by atoms with Crippen molar-refractivity contribution >= 4 is 39.3 Å². The molecule has 1 aliphatic rings. The first-order valence-electron chi connectivity index (χ1n) is 8.65. The van der Waals surface area contributed by atoms with Crippen molar-refractivity contribution in [3.63, 3.8) is 0 Å². The molecule has 1 aliphatic heterocycles. The summed E-state index contributed by atoms with van der Waals surface area (Å²) in [6, 6.07) is 8.40. The number of hydrogen-bond donors (Lipinski definition) is 1. The number of ether oxygens (including phenoxy) is 1. The van der Waals surface area contributed by atoms with E-state index in [2.05, 4.69) is 63.5 Å². The van der Waals surface area contributed by atoms with E-state index >= 15 is 0 Å². The Balaban J connectivity index is 1.47. The molecule has 0 unspecified atom stereocenters. The van der Waals surface area contributed by atoms with Crippen LogP contribution in [-0.4, -0.2) is 42.5 Å². The monoisotopic (exact) mass is 367 g/mol. The summed E-state index contributed by atoms with van der Waals surface area (Å²) >= 11 is 1.68. The Morgan fingerprint density at radius 2 is 1.92 bits per heavy atom. The van der Waals surface area contributed by atoms with Crippen molar-refractivity contribution in [3.8, 4) is 0 Å². The molecule has 7 heteroatoms. The quantitative estimate of drug-likeness (QED) is 0.564. The number of rotatable bonds is 4. The molecule has 0 aliphatic carbocycles. The second-order valence-electron chi connectivity index (χ2n) is 6.25. The Bertz CT molecular complexity index is 929. The minimum absolute atomic E-state index is 0.748. The van der Waals surface area contributed by atoms with E-state index in [1.165, 1.54) is 16.1 Å². The van der Waals surface area contributed by atoms with Crippen molar-refractivity contribution in [2.75, 3.05) is 36.6 Å². The van der Waals surface area contributed by atoms with Gasteiger partial charge in [0.25, 0.3) is 0 Å². The van der Waals surface area contributed by atoms with E-state index in [-0.39, 0.29) is 0 Å². The van der Waals surface area contributed by atoms with Gasteiger partial charge >= 0.3 is 0 Å². The van der Waals surface area contributed by atoms with E-state index in [9.17, 15) is 0 Å². The van der Waals surface area contributed by atoms with Gasteiger partial charge in [-0.2, -0.15) is 5.10 Å². The standard InChI is InChI=1S/C19H21N5OS/c1-13-14(2)26-19-17(13)18(20-12-21-19)23-22-11-15-3-5-16(6-4-15)24-7-9-25-10-8-24/h3-6,11-12H,7-10H2,1-2H3,(H,20,21,23)/b22-11-. The van der Waals surface area contributed by atoms with Gasteiger partial charge in [0.1, 0.15) is 11.2 Å². The van der Waals surface area contributed by atoms with Crippen molar-refractivity contribution in [2.24, 2.45) is 5.10 Å². The number of morpholine rings is 1. The number of aryl methyl sites for hydroxylation is 2. The average molecular weight is 367 g/mol. The fourth-order valence-corrected chi connectivity index (χ4v) is 4.02. The van der Waals surface area contributed by atoms with Crippen LogP contribution in [0.3, 0.4) is 0 Å². The van der Waals surface area contributed by atoms with Crippen molar-refractivity contribution < 1.29 is 4.74 Å². The highest BCUT2D eigenvalue weighted by molar-refractivity contribution is 7.18. The van der Waals surface area contributed by atoms with Gasteiger partial charge in [-0.25, -0.2) is 9.97 Å². The molecule has 0 spiro atoms. The van der Waals surface area contributed by atoms with E-state index in [0.29, 0.717) is 0 Å². The number of hydrazone groups is 1. The van der Waals surface area contributed by atoms with E-state index in [1.807, 2.05) is 6.21 Å². The Morgan fingerprint density at radius 3 is 2.69 bits per heavy atom. The van der Waals surface area contributed by atoms with Crippen molar-refractivity contribution in [3.05, 3.63) is 46.6 Å². The summed E-state index contributed by atoms with van der Waals surface area (Å²) < 4.78 is 5.40. The lowest BCUT2D eigenvalue weighted by molar-refractivity contribution is 0.122. The third-order valence-corrected chi connectivity index (χ3v) is 5.73. The summed E-state index contributed by atoms with van der Waals surface area (Å²) in [5.41, 5.74) is 6.54. The number of anilines is 2. The van der Waals surface area contributed by atoms with Crippen molar-refractivity contribution in [1.29, 1.82) is 0 Å². The van der Waals surface area contributed by atoms with Gasteiger partial charge < -0.3 is 9.64 Å². The second-order valence-corrected chi connectivity index (χ2v) is 7.45. The minimum atomic E-state index is 0.748. The lowest BCUT2D eigenvalue weighted by Gasteiger charge is -2.28. The van der Waals surface area contributed by atoms with Gasteiger partial charge in [-0.15, -0.1) is 11.3 Å². The molecule has 0 atom stereocenters. The van der Waals surface area contributed by atoms with Gasteiger partial charge in [0.2, 0.25) is 0 Å². The molecule has 3 aromatic rings. The molecular weight excluding hydrogens is 346 g/mol. The number of benzene rings is 1. The van der Waals surface area contributed by atoms with Gasteiger partial charge in [0.05, 0.1) is 24.8 Å². The Kier molecular flexibility index (Phi) is 4.81. The molecule has 0 saturated carbocycles. The molecule has 26 heavy (non-hydrogen) atoms. The first-order valence-corrected chi connectivity index (χ1v) is 9.46. The molecule has 3 heterocycles. The Labute approximate surface area is 156 Å². The van der Waals surface area contributed by atoms with Crippen LogP contribution in [0.15, 0.2) is 35.7 Å². The zero-order valence-corrected chi connectivity index (χ0v) is 15.7. The second kappa shape index (κ2) is 7.39. The maximum Gasteiger partial charge on any atom is 0.158 e. The maximum absolute atomic E-state index is 5.40. The molecule has 0 amide bonds. The van der Waals surface area contributed by atoms with Gasteiger partial charge in [-0.3, -0.25) is 5.43 Å². The van der Waals surface area contributed by atoms with Gasteiger partial charge in [0.15, 0.2) is 5.82 Å². The molecule has 1 N–H and O–H groups in total. The Morgan fingerprint density at radius 1 is 1.15 bits per heavy atom. The highest BCUT2D eigenvalue weighted by Crippen LogP contribution is 2.32. The predicted octanol–water partition coefficient (Wildman–Crippen LogP) is 3.59. The van der Waals surface area contributed by atoms with Crippen LogP contribution in [0.25, 0.3) is 10.2 Å². The number of hydrogen-bond acceptors (Lipinski definition) is 7. The smallest absolute Gasteiger partial charge is 0.158 e. The third kappa shape index (κ3) is 3.40. The average Bonchev–Trinajstić information content (AvgIpc) is 2.98. The summed E-state index contributed by atoms with van der Waals surface area (Å²) in [7, 11) is 0. The number of fused-ring (bicyclic) bond motifs is 1. The SMILES string of the molecule is Cc1sc2ncnc(N/N=C\c3ccc(N4CCOCC4)cc3)c2c1C. The number of thiophene rings is 1. The van der Waals surface area contributed by atoms with Crippen LogP contribution in [0.4, 0.5) is 11.5 Å². The van der Waals surface area contributed by atoms with Crippen LogP contribution in [0.1, 0.15) is 16.0 Å². The molecule has 4 rings (SSSR count). The largest absolute Gasteiger partial charge is 0.378 e. The first kappa shape index (κ1) is 16.9. The number of nitrogens with zero attached hydrogens (tertiary/aromatic N) is 4. The summed E-state index contributed by atoms with van der Waals surface area (Å²) in [4.78, 5) is 13.3. The van der Waals surface area contributed by atoms with Crippen LogP contribution in [0.2, 0.25) is 0 Å². The normalized spacial score (nSPS) is 15.1. The lowest BCUT2D eigenvalue weighted by atomic mass is 10.2. The highest BCUT2D eigenvalue weighted by Gasteiger charge is 2.12. The van der Waals surface area contributed by atoms with Crippen molar-refractivity contribution in [2.45, 2.75) is 13.8 Å². The summed E-state index contributed by atoms with van der Waals surface area (Å²) in [6.45, 7) is 7.67. The van der Waals surface area contributed by atoms with Crippen LogP contribution in [-0.2, 0) is 4.74 Å².